The van der Waals surface area contributed by atoms with Crippen molar-refractivity contribution in [2.75, 3.05) is 26.2 Å². The maximum absolute atomic E-state index is 11.5. The van der Waals surface area contributed by atoms with E-state index in [9.17, 15) is 9.90 Å². The molecule has 0 radical (unpaired) electrons. The lowest BCUT2D eigenvalue weighted by Gasteiger charge is -2.33. The minimum Gasteiger partial charge on any atom is -0.480 e. The number of carboxylic acids is 1. The van der Waals surface area contributed by atoms with Crippen LogP contribution in [0, 0.1) is 5.41 Å². The van der Waals surface area contributed by atoms with Gasteiger partial charge in [-0.2, -0.15) is 0 Å². The molecule has 1 aliphatic heterocycles. The molecular weight excluding hydrogens is 240 g/mol. The van der Waals surface area contributed by atoms with Gasteiger partial charge in [0.1, 0.15) is 5.54 Å². The van der Waals surface area contributed by atoms with E-state index in [1.165, 1.54) is 6.42 Å². The maximum atomic E-state index is 11.5. The van der Waals surface area contributed by atoms with Crippen LogP contribution in [0.4, 0.5) is 0 Å². The Morgan fingerprint density at radius 1 is 1.37 bits per heavy atom. The van der Waals surface area contributed by atoms with Crippen LogP contribution >= 0.6 is 0 Å². The summed E-state index contributed by atoms with van der Waals surface area (Å²) in [6.07, 6.45) is 4.50. The van der Waals surface area contributed by atoms with E-state index in [1.54, 1.807) is 6.92 Å². The third-order valence-electron chi connectivity index (χ3n) is 4.21. The van der Waals surface area contributed by atoms with Gasteiger partial charge in [-0.15, -0.1) is 0 Å². The number of nitrogens with zero attached hydrogens (tertiary/aromatic N) is 1. The highest BCUT2D eigenvalue weighted by Gasteiger charge is 2.35. The molecule has 1 heterocycles. The number of hydrogen-bond acceptors (Lipinski definition) is 3. The summed E-state index contributed by atoms with van der Waals surface area (Å²) >= 11 is 0. The molecule has 0 saturated carbocycles. The Morgan fingerprint density at radius 3 is 2.63 bits per heavy atom. The zero-order chi connectivity index (χ0) is 14.5. The molecule has 112 valence electrons. The van der Waals surface area contributed by atoms with Crippen molar-refractivity contribution in [1.29, 1.82) is 0 Å². The Kier molecular flexibility index (Phi) is 5.81. The highest BCUT2D eigenvalue weighted by atomic mass is 16.4. The summed E-state index contributed by atoms with van der Waals surface area (Å²) in [5, 5.41) is 12.7. The van der Waals surface area contributed by atoms with Gasteiger partial charge in [-0.25, -0.2) is 0 Å². The van der Waals surface area contributed by atoms with Crippen molar-refractivity contribution >= 4 is 5.97 Å². The molecule has 0 aromatic heterocycles. The van der Waals surface area contributed by atoms with Crippen LogP contribution in [-0.2, 0) is 4.79 Å². The molecule has 4 heteroatoms. The summed E-state index contributed by atoms with van der Waals surface area (Å²) < 4.78 is 0. The topological polar surface area (TPSA) is 52.6 Å². The second-order valence-corrected chi connectivity index (χ2v) is 6.86. The van der Waals surface area contributed by atoms with E-state index in [0.717, 1.165) is 38.9 Å². The van der Waals surface area contributed by atoms with Gasteiger partial charge in [0, 0.05) is 6.54 Å². The molecular formula is C15H30N2O2. The van der Waals surface area contributed by atoms with Crippen LogP contribution in [0.25, 0.3) is 0 Å². The number of rotatable bonds is 6. The van der Waals surface area contributed by atoms with Crippen molar-refractivity contribution < 1.29 is 9.90 Å². The van der Waals surface area contributed by atoms with Gasteiger partial charge in [0.05, 0.1) is 0 Å². The van der Waals surface area contributed by atoms with Crippen molar-refractivity contribution in [3.8, 4) is 0 Å². The summed E-state index contributed by atoms with van der Waals surface area (Å²) in [5.41, 5.74) is -0.435. The summed E-state index contributed by atoms with van der Waals surface area (Å²) in [4.78, 5) is 13.8. The first kappa shape index (κ1) is 16.4. The zero-order valence-electron chi connectivity index (χ0n) is 13.0. The lowest BCUT2D eigenvalue weighted by Crippen LogP contribution is -2.57. The van der Waals surface area contributed by atoms with Gasteiger partial charge >= 0.3 is 5.97 Å². The van der Waals surface area contributed by atoms with Crippen molar-refractivity contribution in [2.45, 2.75) is 58.9 Å². The minimum atomic E-state index is -0.829. The van der Waals surface area contributed by atoms with Gasteiger partial charge in [-0.3, -0.25) is 4.79 Å². The number of aliphatic carboxylic acids is 1. The standard InChI is InChI=1S/C15H30N2O2/c1-5-9-16-15(4,13(18)19)12-17-10-6-7-14(2,3)8-11-17/h16H,5-12H2,1-4H3,(H,18,19). The number of carbonyl (C=O) groups is 1. The lowest BCUT2D eigenvalue weighted by atomic mass is 9.85. The molecule has 0 aliphatic carbocycles. The second kappa shape index (κ2) is 6.71. The van der Waals surface area contributed by atoms with Crippen molar-refractivity contribution in [3.63, 3.8) is 0 Å². The highest BCUT2D eigenvalue weighted by molar-refractivity contribution is 5.78. The van der Waals surface area contributed by atoms with Crippen LogP contribution < -0.4 is 5.32 Å². The Hall–Kier alpha value is -0.610. The second-order valence-electron chi connectivity index (χ2n) is 6.86. The first-order chi connectivity index (χ1) is 8.79. The van der Waals surface area contributed by atoms with Crippen LogP contribution in [0.2, 0.25) is 0 Å². The molecule has 1 fully saturated rings. The van der Waals surface area contributed by atoms with Gasteiger partial charge in [0.15, 0.2) is 0 Å². The van der Waals surface area contributed by atoms with Gasteiger partial charge in [0.25, 0.3) is 0 Å². The number of likely N-dealkylation sites (tertiary alicyclic amines) is 1. The third kappa shape index (κ3) is 5.11. The van der Waals surface area contributed by atoms with Crippen molar-refractivity contribution in [1.82, 2.24) is 10.2 Å². The molecule has 1 rings (SSSR count). The smallest absolute Gasteiger partial charge is 0.324 e. The normalized spacial score (nSPS) is 23.6. The summed E-state index contributed by atoms with van der Waals surface area (Å²) in [6.45, 7) is 11.8. The SMILES string of the molecule is CCCNC(C)(CN1CCCC(C)(C)CC1)C(=O)O. The molecule has 1 unspecified atom stereocenters. The minimum absolute atomic E-state index is 0.394. The van der Waals surface area contributed by atoms with Crippen molar-refractivity contribution in [3.05, 3.63) is 0 Å². The maximum Gasteiger partial charge on any atom is 0.324 e. The van der Waals surface area contributed by atoms with Gasteiger partial charge in [-0.05, 0) is 57.7 Å². The quantitative estimate of drug-likeness (QED) is 0.778. The number of carboxylic acid groups (broad SMARTS) is 1. The van der Waals surface area contributed by atoms with E-state index in [1.807, 2.05) is 0 Å². The first-order valence-corrected chi connectivity index (χ1v) is 7.50. The monoisotopic (exact) mass is 270 g/mol. The predicted molar refractivity (Wildman–Crippen MR) is 78.4 cm³/mol. The van der Waals surface area contributed by atoms with E-state index >= 15 is 0 Å². The first-order valence-electron chi connectivity index (χ1n) is 7.50. The molecule has 0 amide bonds. The molecule has 1 atom stereocenters. The highest BCUT2D eigenvalue weighted by Crippen LogP contribution is 2.30. The lowest BCUT2D eigenvalue weighted by molar-refractivity contribution is -0.145. The summed E-state index contributed by atoms with van der Waals surface area (Å²) in [6, 6.07) is 0. The average molecular weight is 270 g/mol. The van der Waals surface area contributed by atoms with E-state index in [-0.39, 0.29) is 0 Å². The third-order valence-corrected chi connectivity index (χ3v) is 4.21. The van der Waals surface area contributed by atoms with Gasteiger partial charge in [0.2, 0.25) is 0 Å². The number of hydrogen-bond donors (Lipinski definition) is 2. The fraction of sp³-hybridized carbons (Fsp3) is 0.933. The molecule has 0 bridgehead atoms. The molecule has 0 aromatic carbocycles. The molecule has 2 N–H and O–H groups in total. The zero-order valence-corrected chi connectivity index (χ0v) is 13.0. The van der Waals surface area contributed by atoms with Crippen LogP contribution in [0.1, 0.15) is 53.4 Å². The van der Waals surface area contributed by atoms with E-state index in [0.29, 0.717) is 12.0 Å². The Morgan fingerprint density at radius 2 is 2.05 bits per heavy atom. The van der Waals surface area contributed by atoms with E-state index in [4.69, 9.17) is 0 Å². The van der Waals surface area contributed by atoms with Crippen LogP contribution in [0.15, 0.2) is 0 Å². The van der Waals surface area contributed by atoms with Gasteiger partial charge < -0.3 is 15.3 Å². The molecule has 1 aliphatic rings. The Balaban J connectivity index is 2.61. The van der Waals surface area contributed by atoms with Gasteiger partial charge in [-0.1, -0.05) is 20.8 Å². The molecule has 19 heavy (non-hydrogen) atoms. The van der Waals surface area contributed by atoms with Crippen LogP contribution in [0.3, 0.4) is 0 Å². The Bertz CT molecular complexity index is 305. The average Bonchev–Trinajstić information content (AvgIpc) is 2.48. The predicted octanol–water partition coefficient (Wildman–Crippen LogP) is 2.34. The number of nitrogens with one attached hydrogen (secondary N) is 1. The molecule has 4 nitrogen and oxygen atoms in total. The fourth-order valence-electron chi connectivity index (χ4n) is 2.68. The Labute approximate surface area is 117 Å². The largest absolute Gasteiger partial charge is 0.480 e. The fourth-order valence-corrected chi connectivity index (χ4v) is 2.68. The van der Waals surface area contributed by atoms with E-state index in [2.05, 4.69) is 31.0 Å². The van der Waals surface area contributed by atoms with Crippen LogP contribution in [0.5, 0.6) is 0 Å². The molecule has 0 spiro atoms. The summed E-state index contributed by atoms with van der Waals surface area (Å²) in [5.74, 6) is -0.746. The van der Waals surface area contributed by atoms with Crippen LogP contribution in [-0.4, -0.2) is 47.7 Å². The van der Waals surface area contributed by atoms with E-state index < -0.39 is 11.5 Å². The van der Waals surface area contributed by atoms with Crippen molar-refractivity contribution in [2.24, 2.45) is 5.41 Å². The molecule has 1 saturated heterocycles. The summed E-state index contributed by atoms with van der Waals surface area (Å²) in [7, 11) is 0. The molecule has 0 aromatic rings.